The Morgan fingerprint density at radius 2 is 1.80 bits per heavy atom. The second kappa shape index (κ2) is 6.09. The maximum atomic E-state index is 11.0. The first-order valence-electron chi connectivity index (χ1n) is 5.62. The van der Waals surface area contributed by atoms with Crippen molar-refractivity contribution in [2.75, 3.05) is 0 Å². The van der Waals surface area contributed by atoms with Crippen LogP contribution in [0.5, 0.6) is 11.5 Å². The summed E-state index contributed by atoms with van der Waals surface area (Å²) >= 11 is 11.7. The number of hydrogen-bond donors (Lipinski definition) is 1. The molecule has 2 aromatic rings. The predicted octanol–water partition coefficient (Wildman–Crippen LogP) is 4.15. The number of halogens is 2. The minimum absolute atomic E-state index is 0.0188. The summed E-state index contributed by atoms with van der Waals surface area (Å²) in [5.41, 5.74) is 6.07. The summed E-state index contributed by atoms with van der Waals surface area (Å²) in [7, 11) is 0. The van der Waals surface area contributed by atoms with Crippen LogP contribution in [0.3, 0.4) is 0 Å². The van der Waals surface area contributed by atoms with Crippen LogP contribution >= 0.6 is 23.2 Å². The zero-order valence-corrected chi connectivity index (χ0v) is 11.7. The van der Waals surface area contributed by atoms with Crippen LogP contribution in [0.2, 0.25) is 10.0 Å². The van der Waals surface area contributed by atoms with Gasteiger partial charge >= 0.3 is 5.69 Å². The molecule has 0 saturated carbocycles. The lowest BCUT2D eigenvalue weighted by molar-refractivity contribution is -0.385. The van der Waals surface area contributed by atoms with Crippen LogP contribution in [0.25, 0.3) is 0 Å². The second-order valence-electron chi connectivity index (χ2n) is 3.91. The van der Waals surface area contributed by atoms with Gasteiger partial charge in [0.1, 0.15) is 5.75 Å². The number of nitrogens with zero attached hydrogens (tertiary/aromatic N) is 1. The minimum Gasteiger partial charge on any atom is -0.450 e. The summed E-state index contributed by atoms with van der Waals surface area (Å²) in [6.07, 6.45) is 0. The topological polar surface area (TPSA) is 78.4 Å². The van der Waals surface area contributed by atoms with Crippen molar-refractivity contribution in [3.8, 4) is 11.5 Å². The Morgan fingerprint density at radius 3 is 2.45 bits per heavy atom. The van der Waals surface area contributed by atoms with E-state index in [1.165, 1.54) is 6.07 Å². The summed E-state index contributed by atoms with van der Waals surface area (Å²) in [6, 6.07) is 9.48. The highest BCUT2D eigenvalue weighted by Crippen LogP contribution is 2.38. The molecule has 5 nitrogen and oxygen atoms in total. The average Bonchev–Trinajstić information content (AvgIpc) is 2.43. The molecule has 0 radical (unpaired) electrons. The molecule has 0 spiro atoms. The van der Waals surface area contributed by atoms with Gasteiger partial charge in [0, 0.05) is 24.2 Å². The van der Waals surface area contributed by atoms with Crippen molar-refractivity contribution < 1.29 is 9.66 Å². The molecule has 104 valence electrons. The molecule has 7 heteroatoms. The van der Waals surface area contributed by atoms with Crippen molar-refractivity contribution in [3.63, 3.8) is 0 Å². The summed E-state index contributed by atoms with van der Waals surface area (Å²) in [5.74, 6) is 0.460. The normalized spacial score (nSPS) is 10.3. The molecule has 2 rings (SSSR count). The van der Waals surface area contributed by atoms with Gasteiger partial charge in [0.2, 0.25) is 5.75 Å². The quantitative estimate of drug-likeness (QED) is 0.679. The number of ether oxygens (including phenoxy) is 1. The molecule has 0 atom stereocenters. The highest BCUT2D eigenvalue weighted by atomic mass is 35.5. The van der Waals surface area contributed by atoms with E-state index in [4.69, 9.17) is 33.7 Å². The summed E-state index contributed by atoms with van der Waals surface area (Å²) in [5, 5.41) is 11.3. The molecule has 20 heavy (non-hydrogen) atoms. The van der Waals surface area contributed by atoms with Gasteiger partial charge in [-0.25, -0.2) is 0 Å². The number of para-hydroxylation sites is 1. The lowest BCUT2D eigenvalue weighted by atomic mass is 10.2. The molecule has 2 N–H and O–H groups in total. The Balaban J connectivity index is 2.47. The molecular formula is C13H10Cl2N2O3. The van der Waals surface area contributed by atoms with Crippen molar-refractivity contribution in [2.24, 2.45) is 5.73 Å². The van der Waals surface area contributed by atoms with E-state index >= 15 is 0 Å². The summed E-state index contributed by atoms with van der Waals surface area (Å²) in [6.45, 7) is 0.255. The molecule has 0 bridgehead atoms. The Hall–Kier alpha value is -1.82. The van der Waals surface area contributed by atoms with E-state index in [1.807, 2.05) is 0 Å². The van der Waals surface area contributed by atoms with Crippen LogP contribution in [-0.2, 0) is 6.54 Å². The van der Waals surface area contributed by atoms with E-state index in [0.717, 1.165) is 11.6 Å². The van der Waals surface area contributed by atoms with Crippen LogP contribution in [0.15, 0.2) is 36.4 Å². The Morgan fingerprint density at radius 1 is 1.15 bits per heavy atom. The highest BCUT2D eigenvalue weighted by Gasteiger charge is 2.19. The monoisotopic (exact) mass is 312 g/mol. The van der Waals surface area contributed by atoms with Crippen LogP contribution in [0.4, 0.5) is 5.69 Å². The molecule has 0 aliphatic heterocycles. The maximum Gasteiger partial charge on any atom is 0.313 e. The third kappa shape index (κ3) is 3.01. The van der Waals surface area contributed by atoms with Gasteiger partial charge in [0.05, 0.1) is 15.0 Å². The number of hydrogen-bond acceptors (Lipinski definition) is 4. The van der Waals surface area contributed by atoms with Gasteiger partial charge in [0.25, 0.3) is 0 Å². The predicted molar refractivity (Wildman–Crippen MR) is 77.5 cm³/mol. The van der Waals surface area contributed by atoms with Gasteiger partial charge in [-0.15, -0.1) is 0 Å². The fourth-order valence-corrected chi connectivity index (χ4v) is 1.94. The van der Waals surface area contributed by atoms with Gasteiger partial charge in [-0.05, 0) is 6.07 Å². The molecule has 0 saturated heterocycles. The van der Waals surface area contributed by atoms with Crippen molar-refractivity contribution in [2.45, 2.75) is 6.54 Å². The lowest BCUT2D eigenvalue weighted by Crippen LogP contribution is -2.00. The van der Waals surface area contributed by atoms with Crippen LogP contribution in [0.1, 0.15) is 5.56 Å². The summed E-state index contributed by atoms with van der Waals surface area (Å²) < 4.78 is 5.56. The SMILES string of the molecule is NCc1ccccc1Oc1cc(Cl)c(Cl)cc1[N+](=O)[O-]. The number of nitro groups is 1. The largest absolute Gasteiger partial charge is 0.450 e. The van der Waals surface area contributed by atoms with Gasteiger partial charge in [-0.1, -0.05) is 41.4 Å². The van der Waals surface area contributed by atoms with Crippen molar-refractivity contribution in [3.05, 3.63) is 62.1 Å². The third-order valence-electron chi connectivity index (χ3n) is 2.61. The van der Waals surface area contributed by atoms with Crippen LogP contribution in [0, 0.1) is 10.1 Å². The van der Waals surface area contributed by atoms with E-state index < -0.39 is 4.92 Å². The van der Waals surface area contributed by atoms with Gasteiger partial charge in [-0.2, -0.15) is 0 Å². The van der Waals surface area contributed by atoms with E-state index in [-0.39, 0.29) is 28.0 Å². The molecule has 0 aliphatic rings. The van der Waals surface area contributed by atoms with E-state index in [1.54, 1.807) is 24.3 Å². The van der Waals surface area contributed by atoms with E-state index in [9.17, 15) is 10.1 Å². The second-order valence-corrected chi connectivity index (χ2v) is 4.72. The smallest absolute Gasteiger partial charge is 0.313 e. The standard InChI is InChI=1S/C13H10Cl2N2O3/c14-9-5-11(17(18)19)13(6-10(9)15)20-12-4-2-1-3-8(12)7-16/h1-6H,7,16H2. The van der Waals surface area contributed by atoms with Crippen LogP contribution < -0.4 is 10.5 Å². The summed E-state index contributed by atoms with van der Waals surface area (Å²) in [4.78, 5) is 10.4. The number of nitro benzene ring substituents is 1. The molecule has 0 heterocycles. The minimum atomic E-state index is -0.581. The van der Waals surface area contributed by atoms with Crippen molar-refractivity contribution >= 4 is 28.9 Å². The Kier molecular flexibility index (Phi) is 4.44. The van der Waals surface area contributed by atoms with Crippen molar-refractivity contribution in [1.82, 2.24) is 0 Å². The van der Waals surface area contributed by atoms with E-state index in [0.29, 0.717) is 5.75 Å². The van der Waals surface area contributed by atoms with Gasteiger partial charge < -0.3 is 10.5 Å². The zero-order chi connectivity index (χ0) is 14.7. The van der Waals surface area contributed by atoms with Gasteiger partial charge in [0.15, 0.2) is 0 Å². The molecule has 0 aliphatic carbocycles. The fraction of sp³-hybridized carbons (Fsp3) is 0.0769. The zero-order valence-electron chi connectivity index (χ0n) is 10.2. The fourth-order valence-electron chi connectivity index (χ4n) is 1.63. The van der Waals surface area contributed by atoms with Gasteiger partial charge in [-0.3, -0.25) is 10.1 Å². The first-order chi connectivity index (χ1) is 9.52. The first-order valence-corrected chi connectivity index (χ1v) is 6.37. The average molecular weight is 313 g/mol. The molecular weight excluding hydrogens is 303 g/mol. The van der Waals surface area contributed by atoms with Crippen LogP contribution in [-0.4, -0.2) is 4.92 Å². The third-order valence-corrected chi connectivity index (χ3v) is 3.33. The highest BCUT2D eigenvalue weighted by molar-refractivity contribution is 6.42. The molecule has 0 unspecified atom stereocenters. The molecule has 2 aromatic carbocycles. The maximum absolute atomic E-state index is 11.0. The van der Waals surface area contributed by atoms with E-state index in [2.05, 4.69) is 0 Å². The first kappa shape index (κ1) is 14.6. The molecule has 0 amide bonds. The number of nitrogens with two attached hydrogens (primary N) is 1. The Bertz CT molecular complexity index is 662. The van der Waals surface area contributed by atoms with Crippen molar-refractivity contribution in [1.29, 1.82) is 0 Å². The molecule has 0 fully saturated rings. The molecule has 0 aromatic heterocycles. The number of rotatable bonds is 4. The Labute approximate surface area is 125 Å². The lowest BCUT2D eigenvalue weighted by Gasteiger charge is -2.10. The number of benzene rings is 2.